The molecule has 1 heterocycles. The van der Waals surface area contributed by atoms with Crippen LogP contribution in [0.4, 0.5) is 0 Å². The van der Waals surface area contributed by atoms with Crippen molar-refractivity contribution in [2.24, 2.45) is 5.92 Å². The van der Waals surface area contributed by atoms with Gasteiger partial charge in [0.1, 0.15) is 0 Å². The molecule has 2 heteroatoms. The second-order valence-corrected chi connectivity index (χ2v) is 4.67. The topological polar surface area (TPSA) is 27.8 Å². The largest absolute Gasteiger partial charge is 0.361 e. The molecule has 0 saturated carbocycles. The van der Waals surface area contributed by atoms with Gasteiger partial charge in [-0.2, -0.15) is 0 Å². The van der Waals surface area contributed by atoms with Crippen LogP contribution in [0, 0.1) is 5.92 Å². The number of para-hydroxylation sites is 1. The third kappa shape index (κ3) is 2.89. The fraction of sp³-hybridized carbons (Fsp3) is 0.467. The van der Waals surface area contributed by atoms with Crippen LogP contribution in [0.25, 0.3) is 10.9 Å². The summed E-state index contributed by atoms with van der Waals surface area (Å²) in [5.74, 6) is 0.806. The fourth-order valence-corrected chi connectivity index (χ4v) is 2.27. The van der Waals surface area contributed by atoms with E-state index in [9.17, 15) is 0 Å². The summed E-state index contributed by atoms with van der Waals surface area (Å²) >= 11 is 0. The van der Waals surface area contributed by atoms with E-state index in [-0.39, 0.29) is 0 Å². The van der Waals surface area contributed by atoms with Crippen LogP contribution < -0.4 is 5.32 Å². The van der Waals surface area contributed by atoms with E-state index in [1.54, 1.807) is 0 Å². The molecule has 2 N–H and O–H groups in total. The van der Waals surface area contributed by atoms with Gasteiger partial charge >= 0.3 is 0 Å². The van der Waals surface area contributed by atoms with Crippen molar-refractivity contribution in [3.8, 4) is 0 Å². The molecule has 2 nitrogen and oxygen atoms in total. The molecule has 2 rings (SSSR count). The summed E-state index contributed by atoms with van der Waals surface area (Å²) in [6.07, 6.45) is 4.64. The molecule has 0 aliphatic carbocycles. The van der Waals surface area contributed by atoms with Crippen molar-refractivity contribution >= 4 is 10.9 Å². The zero-order chi connectivity index (χ0) is 12.1. The first-order chi connectivity index (χ1) is 8.35. The minimum atomic E-state index is 0.806. The SMILES string of the molecule is CCC(CC)CNCc1c[nH]c2ccccc12. The van der Waals surface area contributed by atoms with Crippen molar-refractivity contribution in [2.45, 2.75) is 33.2 Å². The molecule has 0 aliphatic rings. The Labute approximate surface area is 103 Å². The van der Waals surface area contributed by atoms with Crippen LogP contribution in [-0.4, -0.2) is 11.5 Å². The van der Waals surface area contributed by atoms with Crippen LogP contribution in [0.5, 0.6) is 0 Å². The Kier molecular flexibility index (Phi) is 4.21. The Hall–Kier alpha value is -1.28. The van der Waals surface area contributed by atoms with Crippen LogP contribution in [0.2, 0.25) is 0 Å². The average Bonchev–Trinajstić information content (AvgIpc) is 2.78. The van der Waals surface area contributed by atoms with Gasteiger partial charge in [-0.05, 0) is 24.1 Å². The van der Waals surface area contributed by atoms with Crippen molar-refractivity contribution < 1.29 is 0 Å². The van der Waals surface area contributed by atoms with Gasteiger partial charge in [-0.15, -0.1) is 0 Å². The molecule has 0 saturated heterocycles. The predicted molar refractivity (Wildman–Crippen MR) is 74.1 cm³/mol. The lowest BCUT2D eigenvalue weighted by atomic mass is 10.0. The number of hydrogen-bond donors (Lipinski definition) is 2. The summed E-state index contributed by atoms with van der Waals surface area (Å²) in [6, 6.07) is 8.47. The lowest BCUT2D eigenvalue weighted by Crippen LogP contribution is -2.21. The van der Waals surface area contributed by atoms with Crippen LogP contribution >= 0.6 is 0 Å². The number of nitrogens with one attached hydrogen (secondary N) is 2. The number of fused-ring (bicyclic) bond motifs is 1. The molecule has 0 unspecified atom stereocenters. The summed E-state index contributed by atoms with van der Waals surface area (Å²) in [4.78, 5) is 3.31. The van der Waals surface area contributed by atoms with E-state index in [2.05, 4.69) is 54.6 Å². The van der Waals surface area contributed by atoms with E-state index in [0.29, 0.717) is 0 Å². The first kappa shape index (κ1) is 12.2. The molecule has 17 heavy (non-hydrogen) atoms. The van der Waals surface area contributed by atoms with Crippen LogP contribution in [0.15, 0.2) is 30.5 Å². The molecule has 1 aromatic carbocycles. The normalized spacial score (nSPS) is 11.5. The number of hydrogen-bond acceptors (Lipinski definition) is 1. The Morgan fingerprint density at radius 1 is 1.18 bits per heavy atom. The van der Waals surface area contributed by atoms with E-state index >= 15 is 0 Å². The molecule has 0 radical (unpaired) electrons. The molecular formula is C15H22N2. The zero-order valence-electron chi connectivity index (χ0n) is 10.8. The number of benzene rings is 1. The van der Waals surface area contributed by atoms with Gasteiger partial charge in [-0.25, -0.2) is 0 Å². The second-order valence-electron chi connectivity index (χ2n) is 4.67. The van der Waals surface area contributed by atoms with Crippen LogP contribution in [0.3, 0.4) is 0 Å². The van der Waals surface area contributed by atoms with E-state index in [1.165, 1.54) is 29.3 Å². The Morgan fingerprint density at radius 2 is 1.94 bits per heavy atom. The molecule has 2 aromatic rings. The van der Waals surface area contributed by atoms with Crippen molar-refractivity contribution in [2.75, 3.05) is 6.54 Å². The smallest absolute Gasteiger partial charge is 0.0457 e. The second kappa shape index (κ2) is 5.87. The summed E-state index contributed by atoms with van der Waals surface area (Å²) in [5, 5.41) is 4.90. The van der Waals surface area contributed by atoms with E-state index in [1.807, 2.05) is 0 Å². The highest BCUT2D eigenvalue weighted by molar-refractivity contribution is 5.82. The molecule has 0 aliphatic heterocycles. The van der Waals surface area contributed by atoms with Gasteiger partial charge in [-0.3, -0.25) is 0 Å². The first-order valence-corrected chi connectivity index (χ1v) is 6.60. The van der Waals surface area contributed by atoms with Gasteiger partial charge < -0.3 is 10.3 Å². The maximum atomic E-state index is 3.56. The predicted octanol–water partition coefficient (Wildman–Crippen LogP) is 3.69. The highest BCUT2D eigenvalue weighted by Gasteiger charge is 2.05. The molecule has 92 valence electrons. The van der Waals surface area contributed by atoms with Gasteiger partial charge in [0.05, 0.1) is 0 Å². The molecule has 0 bridgehead atoms. The van der Waals surface area contributed by atoms with Gasteiger partial charge in [0.25, 0.3) is 0 Å². The van der Waals surface area contributed by atoms with Crippen molar-refractivity contribution in [1.29, 1.82) is 0 Å². The number of aromatic nitrogens is 1. The molecule has 0 spiro atoms. The number of rotatable bonds is 6. The first-order valence-electron chi connectivity index (χ1n) is 6.60. The lowest BCUT2D eigenvalue weighted by molar-refractivity contribution is 0.450. The average molecular weight is 230 g/mol. The third-order valence-corrected chi connectivity index (χ3v) is 3.58. The van der Waals surface area contributed by atoms with E-state index in [4.69, 9.17) is 0 Å². The maximum Gasteiger partial charge on any atom is 0.0457 e. The molecule has 0 fully saturated rings. The summed E-state index contributed by atoms with van der Waals surface area (Å²) in [5.41, 5.74) is 2.60. The summed E-state index contributed by atoms with van der Waals surface area (Å²) < 4.78 is 0. The fourth-order valence-electron chi connectivity index (χ4n) is 2.27. The minimum Gasteiger partial charge on any atom is -0.361 e. The standard InChI is InChI=1S/C15H22N2/c1-3-12(4-2)9-16-10-13-11-17-15-8-6-5-7-14(13)15/h5-8,11-12,16-17H,3-4,9-10H2,1-2H3. The lowest BCUT2D eigenvalue weighted by Gasteiger charge is -2.12. The zero-order valence-corrected chi connectivity index (χ0v) is 10.8. The van der Waals surface area contributed by atoms with Gasteiger partial charge in [0.15, 0.2) is 0 Å². The Balaban J connectivity index is 1.95. The van der Waals surface area contributed by atoms with Crippen molar-refractivity contribution in [1.82, 2.24) is 10.3 Å². The van der Waals surface area contributed by atoms with Crippen LogP contribution in [-0.2, 0) is 6.54 Å². The van der Waals surface area contributed by atoms with Gasteiger partial charge in [0.2, 0.25) is 0 Å². The molecular weight excluding hydrogens is 208 g/mol. The van der Waals surface area contributed by atoms with Crippen molar-refractivity contribution in [3.63, 3.8) is 0 Å². The Bertz CT molecular complexity index is 455. The van der Waals surface area contributed by atoms with Gasteiger partial charge in [-0.1, -0.05) is 44.9 Å². The van der Waals surface area contributed by atoms with Crippen molar-refractivity contribution in [3.05, 3.63) is 36.0 Å². The quantitative estimate of drug-likeness (QED) is 0.778. The maximum absolute atomic E-state index is 3.56. The Morgan fingerprint density at radius 3 is 2.71 bits per heavy atom. The van der Waals surface area contributed by atoms with Crippen LogP contribution in [0.1, 0.15) is 32.3 Å². The van der Waals surface area contributed by atoms with E-state index < -0.39 is 0 Å². The molecule has 1 aromatic heterocycles. The third-order valence-electron chi connectivity index (χ3n) is 3.58. The molecule has 0 atom stereocenters. The van der Waals surface area contributed by atoms with E-state index in [0.717, 1.165) is 19.0 Å². The summed E-state index contributed by atoms with van der Waals surface area (Å²) in [7, 11) is 0. The number of H-pyrrole nitrogens is 1. The summed E-state index contributed by atoms with van der Waals surface area (Å²) in [6.45, 7) is 6.61. The highest BCUT2D eigenvalue weighted by Crippen LogP contribution is 2.17. The monoisotopic (exact) mass is 230 g/mol. The number of aromatic amines is 1. The van der Waals surface area contributed by atoms with Gasteiger partial charge in [0, 0.05) is 23.6 Å². The highest BCUT2D eigenvalue weighted by atomic mass is 14.9. The minimum absolute atomic E-state index is 0.806. The molecule has 0 amide bonds.